The maximum Gasteiger partial charge on any atom is 0.441 e. The highest BCUT2D eigenvalue weighted by atomic mass is 16.6. The maximum absolute atomic E-state index is 11.8. The summed E-state index contributed by atoms with van der Waals surface area (Å²) >= 11 is 0. The molecule has 1 unspecified atom stereocenters. The lowest BCUT2D eigenvalue weighted by molar-refractivity contribution is -0.152. The molecule has 0 amide bonds. The first-order valence-corrected chi connectivity index (χ1v) is 6.05. The van der Waals surface area contributed by atoms with Crippen molar-refractivity contribution >= 4 is 17.5 Å². The zero-order chi connectivity index (χ0) is 15.4. The van der Waals surface area contributed by atoms with E-state index >= 15 is 0 Å². The molecule has 0 fully saturated rings. The lowest BCUT2D eigenvalue weighted by Crippen LogP contribution is -2.37. The van der Waals surface area contributed by atoms with Gasteiger partial charge in [0.25, 0.3) is 5.78 Å². The molecular formula is C13H22N2O4. The SMILES string of the molecule is CC(C)(C)OC(=O)C(=[N+]=[N-])C(=O)CC(O)C(C)(C)C. The minimum absolute atomic E-state index is 0.303. The van der Waals surface area contributed by atoms with Crippen LogP contribution in [0.15, 0.2) is 0 Å². The number of carbonyl (C=O) groups is 2. The molecule has 6 nitrogen and oxygen atoms in total. The summed E-state index contributed by atoms with van der Waals surface area (Å²) in [4.78, 5) is 26.1. The lowest BCUT2D eigenvalue weighted by Gasteiger charge is -2.24. The van der Waals surface area contributed by atoms with Crippen LogP contribution in [-0.4, -0.2) is 39.1 Å². The molecule has 0 aliphatic rings. The van der Waals surface area contributed by atoms with Gasteiger partial charge in [0.2, 0.25) is 0 Å². The minimum Gasteiger partial charge on any atom is -0.451 e. The fourth-order valence-corrected chi connectivity index (χ4v) is 1.12. The number of ether oxygens (including phenoxy) is 1. The van der Waals surface area contributed by atoms with E-state index in [0.717, 1.165) is 0 Å². The number of Topliss-reactive ketones (excluding diaryl/α,β-unsaturated/α-hetero) is 1. The topological polar surface area (TPSA) is 100 Å². The predicted molar refractivity (Wildman–Crippen MR) is 69.6 cm³/mol. The number of aliphatic hydroxyl groups excluding tert-OH is 1. The van der Waals surface area contributed by atoms with Crippen LogP contribution in [-0.2, 0) is 14.3 Å². The summed E-state index contributed by atoms with van der Waals surface area (Å²) in [7, 11) is 0. The van der Waals surface area contributed by atoms with E-state index in [1.807, 2.05) is 0 Å². The highest BCUT2D eigenvalue weighted by Crippen LogP contribution is 2.21. The Labute approximate surface area is 113 Å². The molecule has 0 saturated carbocycles. The molecule has 1 atom stereocenters. The molecule has 6 heteroatoms. The van der Waals surface area contributed by atoms with Gasteiger partial charge in [-0.25, -0.2) is 4.79 Å². The van der Waals surface area contributed by atoms with Crippen molar-refractivity contribution in [2.75, 3.05) is 0 Å². The van der Waals surface area contributed by atoms with E-state index in [4.69, 9.17) is 10.3 Å². The molecule has 0 aliphatic carbocycles. The van der Waals surface area contributed by atoms with Crippen LogP contribution >= 0.6 is 0 Å². The van der Waals surface area contributed by atoms with Crippen LogP contribution in [0.2, 0.25) is 0 Å². The molecule has 0 radical (unpaired) electrons. The lowest BCUT2D eigenvalue weighted by atomic mass is 9.85. The van der Waals surface area contributed by atoms with Crippen molar-refractivity contribution in [2.24, 2.45) is 5.41 Å². The van der Waals surface area contributed by atoms with Gasteiger partial charge in [-0.1, -0.05) is 20.8 Å². The number of rotatable bonds is 4. The molecule has 0 aromatic rings. The van der Waals surface area contributed by atoms with Gasteiger partial charge < -0.3 is 15.4 Å². The monoisotopic (exact) mass is 270 g/mol. The van der Waals surface area contributed by atoms with Crippen LogP contribution in [0.4, 0.5) is 0 Å². The van der Waals surface area contributed by atoms with Crippen molar-refractivity contribution in [1.29, 1.82) is 0 Å². The van der Waals surface area contributed by atoms with Gasteiger partial charge in [-0.3, -0.25) is 4.79 Å². The molecule has 0 aliphatic heterocycles. The summed E-state index contributed by atoms with van der Waals surface area (Å²) in [5, 5.41) is 9.81. The Hall–Kier alpha value is -1.52. The van der Waals surface area contributed by atoms with E-state index < -0.39 is 34.6 Å². The third kappa shape index (κ3) is 6.27. The highest BCUT2D eigenvalue weighted by Gasteiger charge is 2.37. The normalized spacial score (nSPS) is 13.4. The first kappa shape index (κ1) is 17.5. The molecule has 0 rings (SSSR count). The summed E-state index contributed by atoms with van der Waals surface area (Å²) < 4.78 is 4.95. The Morgan fingerprint density at radius 2 is 1.68 bits per heavy atom. The number of carbonyl (C=O) groups excluding carboxylic acids is 2. The van der Waals surface area contributed by atoms with Crippen molar-refractivity contribution in [3.8, 4) is 0 Å². The van der Waals surface area contributed by atoms with E-state index in [2.05, 4.69) is 4.79 Å². The van der Waals surface area contributed by atoms with E-state index in [1.54, 1.807) is 41.5 Å². The third-order valence-corrected chi connectivity index (χ3v) is 2.33. The average Bonchev–Trinajstić information content (AvgIpc) is 2.13. The van der Waals surface area contributed by atoms with Crippen LogP contribution in [0.5, 0.6) is 0 Å². The van der Waals surface area contributed by atoms with Gasteiger partial charge >= 0.3 is 11.7 Å². The Balaban J connectivity index is 4.87. The molecule has 108 valence electrons. The van der Waals surface area contributed by atoms with Crippen molar-refractivity contribution in [3.05, 3.63) is 5.53 Å². The fourth-order valence-electron chi connectivity index (χ4n) is 1.12. The first-order valence-electron chi connectivity index (χ1n) is 6.05. The number of ketones is 1. The molecule has 19 heavy (non-hydrogen) atoms. The van der Waals surface area contributed by atoms with E-state index in [0.29, 0.717) is 0 Å². The molecule has 0 bridgehead atoms. The smallest absolute Gasteiger partial charge is 0.441 e. The zero-order valence-electron chi connectivity index (χ0n) is 12.4. The quantitative estimate of drug-likeness (QED) is 0.274. The Morgan fingerprint density at radius 1 is 1.21 bits per heavy atom. The fraction of sp³-hybridized carbons (Fsp3) is 0.769. The number of nitrogens with zero attached hydrogens (tertiary/aromatic N) is 2. The van der Waals surface area contributed by atoms with E-state index in [-0.39, 0.29) is 6.42 Å². The molecular weight excluding hydrogens is 248 g/mol. The number of hydrogen-bond acceptors (Lipinski definition) is 4. The van der Waals surface area contributed by atoms with Gasteiger partial charge in [0.15, 0.2) is 0 Å². The molecule has 0 saturated heterocycles. The van der Waals surface area contributed by atoms with Gasteiger partial charge in [0, 0.05) is 6.42 Å². The Kier molecular flexibility index (Phi) is 5.60. The standard InChI is InChI=1S/C13H22N2O4/c1-12(2,3)9(17)7-8(16)10(15-14)11(18)19-13(4,5)6/h9,17H,7H2,1-6H3. The van der Waals surface area contributed by atoms with Crippen molar-refractivity contribution in [3.63, 3.8) is 0 Å². The summed E-state index contributed by atoms with van der Waals surface area (Å²) in [5.41, 5.74) is 6.76. The molecule has 0 heterocycles. The molecule has 0 aromatic carbocycles. The van der Waals surface area contributed by atoms with Gasteiger partial charge in [-0.2, -0.15) is 4.79 Å². The molecule has 1 N–H and O–H groups in total. The van der Waals surface area contributed by atoms with E-state index in [1.165, 1.54) is 0 Å². The summed E-state index contributed by atoms with van der Waals surface area (Å²) in [6.45, 7) is 10.2. The number of aliphatic hydroxyl groups is 1. The second kappa shape index (κ2) is 6.08. The van der Waals surface area contributed by atoms with Gasteiger partial charge in [0.05, 0.1) is 6.10 Å². The predicted octanol–water partition coefficient (Wildman–Crippen LogP) is 1.37. The molecule has 0 spiro atoms. The van der Waals surface area contributed by atoms with Gasteiger partial charge in [0.1, 0.15) is 5.60 Å². The third-order valence-electron chi connectivity index (χ3n) is 2.33. The van der Waals surface area contributed by atoms with Gasteiger partial charge in [-0.05, 0) is 26.2 Å². The van der Waals surface area contributed by atoms with Crippen LogP contribution < -0.4 is 0 Å². The summed E-state index contributed by atoms with van der Waals surface area (Å²) in [6.07, 6.45) is -1.25. The van der Waals surface area contributed by atoms with Crippen molar-refractivity contribution in [2.45, 2.75) is 59.7 Å². The largest absolute Gasteiger partial charge is 0.451 e. The van der Waals surface area contributed by atoms with E-state index in [9.17, 15) is 14.7 Å². The maximum atomic E-state index is 11.8. The summed E-state index contributed by atoms with van der Waals surface area (Å²) in [6, 6.07) is 0. The Bertz CT molecular complexity index is 409. The van der Waals surface area contributed by atoms with Crippen molar-refractivity contribution < 1.29 is 24.2 Å². The second-order valence-electron chi connectivity index (χ2n) is 6.46. The average molecular weight is 270 g/mol. The highest BCUT2D eigenvalue weighted by molar-refractivity contribution is 6.62. The summed E-state index contributed by atoms with van der Waals surface area (Å²) in [5.74, 6) is -1.75. The zero-order valence-corrected chi connectivity index (χ0v) is 12.4. The number of hydrogen-bond donors (Lipinski definition) is 1. The molecule has 0 aromatic heterocycles. The van der Waals surface area contributed by atoms with Crippen molar-refractivity contribution in [1.82, 2.24) is 0 Å². The van der Waals surface area contributed by atoms with Crippen LogP contribution in [0.1, 0.15) is 48.0 Å². The Morgan fingerprint density at radius 3 is 2.00 bits per heavy atom. The number of esters is 1. The van der Waals surface area contributed by atoms with Gasteiger partial charge in [-0.15, -0.1) is 0 Å². The van der Waals surface area contributed by atoms with Crippen LogP contribution in [0.25, 0.3) is 5.53 Å². The van der Waals surface area contributed by atoms with Crippen LogP contribution in [0.3, 0.4) is 0 Å². The minimum atomic E-state index is -0.999. The second-order valence-corrected chi connectivity index (χ2v) is 6.46. The first-order chi connectivity index (χ1) is 8.38. The van der Waals surface area contributed by atoms with Crippen LogP contribution in [0, 0.1) is 5.41 Å².